The quantitative estimate of drug-likeness (QED) is 0.863. The number of carbonyl (C=O) groups is 2. The summed E-state index contributed by atoms with van der Waals surface area (Å²) >= 11 is 0. The highest BCUT2D eigenvalue weighted by molar-refractivity contribution is 7.91. The van der Waals surface area contributed by atoms with Crippen molar-refractivity contribution < 1.29 is 18.0 Å². The van der Waals surface area contributed by atoms with Crippen LogP contribution in [0.15, 0.2) is 29.2 Å². The van der Waals surface area contributed by atoms with Crippen LogP contribution in [-0.4, -0.2) is 32.0 Å². The number of nitrogens with one attached hydrogen (secondary N) is 2. The fraction of sp³-hybridized carbons (Fsp3) is 0.529. The number of rotatable bonds is 3. The second kappa shape index (κ2) is 6.93. The van der Waals surface area contributed by atoms with Crippen LogP contribution in [0, 0.1) is 0 Å². The van der Waals surface area contributed by atoms with Gasteiger partial charge in [0.2, 0.25) is 11.8 Å². The average molecular weight is 350 g/mol. The molecule has 0 saturated carbocycles. The van der Waals surface area contributed by atoms with Crippen molar-refractivity contribution in [3.8, 4) is 0 Å². The number of sulfone groups is 1. The molecule has 2 aliphatic heterocycles. The molecule has 0 aromatic heterocycles. The monoisotopic (exact) mass is 350 g/mol. The molecular formula is C17H22N2O4S. The molecule has 2 N–H and O–H groups in total. The van der Waals surface area contributed by atoms with Crippen LogP contribution in [-0.2, 0) is 19.4 Å². The predicted octanol–water partition coefficient (Wildman–Crippen LogP) is 1.47. The molecule has 1 aromatic carbocycles. The van der Waals surface area contributed by atoms with E-state index in [-0.39, 0.29) is 36.1 Å². The zero-order valence-corrected chi connectivity index (χ0v) is 14.3. The maximum atomic E-state index is 12.4. The van der Waals surface area contributed by atoms with Gasteiger partial charge in [0, 0.05) is 18.9 Å². The maximum absolute atomic E-state index is 12.4. The summed E-state index contributed by atoms with van der Waals surface area (Å²) in [7, 11) is -3.26. The summed E-state index contributed by atoms with van der Waals surface area (Å²) < 4.78 is 24.3. The molecule has 24 heavy (non-hydrogen) atoms. The zero-order valence-electron chi connectivity index (χ0n) is 13.5. The Bertz CT molecular complexity index is 745. The second-order valence-electron chi connectivity index (χ2n) is 6.48. The Kier molecular flexibility index (Phi) is 4.89. The van der Waals surface area contributed by atoms with Crippen molar-refractivity contribution in [2.75, 3.05) is 5.75 Å². The van der Waals surface area contributed by atoms with Gasteiger partial charge in [-0.05, 0) is 30.9 Å². The SMILES string of the molecule is O=C1CCCC[C@H](CC(=O)N[C@H]2CCS(=O)(=O)c3ccccc32)N1. The highest BCUT2D eigenvalue weighted by Crippen LogP contribution is 2.31. The summed E-state index contributed by atoms with van der Waals surface area (Å²) in [6, 6.07) is 6.39. The molecule has 0 spiro atoms. The lowest BCUT2D eigenvalue weighted by molar-refractivity contribution is -0.123. The smallest absolute Gasteiger partial charge is 0.222 e. The molecule has 1 saturated heterocycles. The van der Waals surface area contributed by atoms with Crippen molar-refractivity contribution in [1.82, 2.24) is 10.6 Å². The lowest BCUT2D eigenvalue weighted by Crippen LogP contribution is -2.40. The molecule has 0 unspecified atom stereocenters. The Morgan fingerprint density at radius 2 is 2.00 bits per heavy atom. The van der Waals surface area contributed by atoms with E-state index in [0.29, 0.717) is 23.3 Å². The van der Waals surface area contributed by atoms with Crippen LogP contribution in [0.1, 0.15) is 50.1 Å². The highest BCUT2D eigenvalue weighted by atomic mass is 32.2. The first kappa shape index (κ1) is 17.0. The van der Waals surface area contributed by atoms with Crippen molar-refractivity contribution in [1.29, 1.82) is 0 Å². The summed E-state index contributed by atoms with van der Waals surface area (Å²) in [5, 5.41) is 5.82. The summed E-state index contributed by atoms with van der Waals surface area (Å²) in [6.07, 6.45) is 3.72. The Hall–Kier alpha value is -1.89. The number of hydrogen-bond acceptors (Lipinski definition) is 4. The minimum atomic E-state index is -3.26. The zero-order chi connectivity index (χ0) is 17.2. The molecule has 2 aliphatic rings. The van der Waals surface area contributed by atoms with E-state index in [2.05, 4.69) is 10.6 Å². The molecule has 1 aromatic rings. The van der Waals surface area contributed by atoms with Gasteiger partial charge in [-0.1, -0.05) is 24.6 Å². The van der Waals surface area contributed by atoms with E-state index in [1.54, 1.807) is 24.3 Å². The molecule has 0 aliphatic carbocycles. The van der Waals surface area contributed by atoms with Gasteiger partial charge in [-0.3, -0.25) is 9.59 Å². The Balaban J connectivity index is 1.68. The first-order chi connectivity index (χ1) is 11.5. The summed E-state index contributed by atoms with van der Waals surface area (Å²) in [5.74, 6) is -0.115. The van der Waals surface area contributed by atoms with Crippen molar-refractivity contribution in [2.24, 2.45) is 0 Å². The van der Waals surface area contributed by atoms with Crippen LogP contribution in [0.4, 0.5) is 0 Å². The first-order valence-electron chi connectivity index (χ1n) is 8.36. The molecule has 2 heterocycles. The maximum Gasteiger partial charge on any atom is 0.222 e. The molecule has 0 bridgehead atoms. The minimum Gasteiger partial charge on any atom is -0.353 e. The van der Waals surface area contributed by atoms with E-state index in [1.807, 2.05) is 0 Å². The van der Waals surface area contributed by atoms with Crippen LogP contribution < -0.4 is 10.6 Å². The van der Waals surface area contributed by atoms with Gasteiger partial charge in [-0.15, -0.1) is 0 Å². The third-order valence-corrected chi connectivity index (χ3v) is 6.46. The highest BCUT2D eigenvalue weighted by Gasteiger charge is 2.31. The fourth-order valence-electron chi connectivity index (χ4n) is 3.42. The van der Waals surface area contributed by atoms with Crippen molar-refractivity contribution >= 4 is 21.7 Å². The Morgan fingerprint density at radius 3 is 2.83 bits per heavy atom. The van der Waals surface area contributed by atoms with Gasteiger partial charge in [-0.25, -0.2) is 8.42 Å². The van der Waals surface area contributed by atoms with E-state index in [9.17, 15) is 18.0 Å². The number of carbonyl (C=O) groups excluding carboxylic acids is 2. The van der Waals surface area contributed by atoms with Crippen LogP contribution in [0.2, 0.25) is 0 Å². The molecule has 1 fully saturated rings. The number of fused-ring (bicyclic) bond motifs is 1. The van der Waals surface area contributed by atoms with Gasteiger partial charge < -0.3 is 10.6 Å². The van der Waals surface area contributed by atoms with E-state index in [4.69, 9.17) is 0 Å². The number of hydrogen-bond donors (Lipinski definition) is 2. The van der Waals surface area contributed by atoms with E-state index in [0.717, 1.165) is 19.3 Å². The average Bonchev–Trinajstić information content (AvgIpc) is 2.74. The van der Waals surface area contributed by atoms with Gasteiger partial charge in [0.1, 0.15) is 0 Å². The Morgan fingerprint density at radius 1 is 1.21 bits per heavy atom. The van der Waals surface area contributed by atoms with Crippen LogP contribution in [0.5, 0.6) is 0 Å². The summed E-state index contributed by atoms with van der Waals surface area (Å²) in [4.78, 5) is 24.3. The van der Waals surface area contributed by atoms with E-state index in [1.165, 1.54) is 0 Å². The van der Waals surface area contributed by atoms with Gasteiger partial charge >= 0.3 is 0 Å². The summed E-state index contributed by atoms with van der Waals surface area (Å²) in [6.45, 7) is 0. The Labute approximate surface area is 141 Å². The van der Waals surface area contributed by atoms with Crippen LogP contribution in [0.25, 0.3) is 0 Å². The van der Waals surface area contributed by atoms with Crippen LogP contribution in [0.3, 0.4) is 0 Å². The summed E-state index contributed by atoms with van der Waals surface area (Å²) in [5.41, 5.74) is 0.655. The lowest BCUT2D eigenvalue weighted by Gasteiger charge is -2.27. The molecule has 3 rings (SSSR count). The van der Waals surface area contributed by atoms with Gasteiger partial charge in [-0.2, -0.15) is 0 Å². The van der Waals surface area contributed by atoms with Crippen molar-refractivity contribution in [2.45, 2.75) is 55.5 Å². The number of amides is 2. The van der Waals surface area contributed by atoms with Gasteiger partial charge in [0.05, 0.1) is 16.7 Å². The normalized spacial score (nSPS) is 25.9. The third kappa shape index (κ3) is 3.77. The number of benzene rings is 1. The van der Waals surface area contributed by atoms with Crippen LogP contribution >= 0.6 is 0 Å². The lowest BCUT2D eigenvalue weighted by atomic mass is 10.0. The van der Waals surface area contributed by atoms with Gasteiger partial charge in [0.25, 0.3) is 0 Å². The minimum absolute atomic E-state index is 0.000551. The van der Waals surface area contributed by atoms with Gasteiger partial charge in [0.15, 0.2) is 9.84 Å². The molecule has 0 radical (unpaired) electrons. The molecule has 130 valence electrons. The molecular weight excluding hydrogens is 328 g/mol. The predicted molar refractivity (Wildman–Crippen MR) is 89.0 cm³/mol. The first-order valence-corrected chi connectivity index (χ1v) is 10.0. The third-order valence-electron chi connectivity index (χ3n) is 4.64. The van der Waals surface area contributed by atoms with Crippen molar-refractivity contribution in [3.05, 3.63) is 29.8 Å². The molecule has 6 nitrogen and oxygen atoms in total. The fourth-order valence-corrected chi connectivity index (χ4v) is 5.04. The molecule has 2 amide bonds. The van der Waals surface area contributed by atoms with E-state index >= 15 is 0 Å². The molecule has 2 atom stereocenters. The topological polar surface area (TPSA) is 92.3 Å². The van der Waals surface area contributed by atoms with E-state index < -0.39 is 9.84 Å². The largest absolute Gasteiger partial charge is 0.353 e. The molecule has 7 heteroatoms. The standard InChI is InChI=1S/C17H22N2O4S/c20-16-8-4-1-5-12(18-16)11-17(21)19-14-9-10-24(22,23)15-7-3-2-6-13(14)15/h2-3,6-7,12,14H,1,4-5,8-11H2,(H,18,20)(H,19,21)/t12-,14+/m1/s1. The van der Waals surface area contributed by atoms with Crippen molar-refractivity contribution in [3.63, 3.8) is 0 Å². The second-order valence-corrected chi connectivity index (χ2v) is 8.56.